The maximum atomic E-state index is 12.4. The molecule has 258 valence electrons. The highest BCUT2D eigenvalue weighted by Crippen LogP contribution is 2.54. The molecule has 0 saturated heterocycles. The van der Waals surface area contributed by atoms with Crippen molar-refractivity contribution in [1.82, 2.24) is 9.97 Å². The molecule has 0 radical (unpaired) electrons. The minimum Gasteiger partial charge on any atom is -0.668 e. The van der Waals surface area contributed by atoms with Gasteiger partial charge in [0.1, 0.15) is 5.82 Å². The van der Waals surface area contributed by atoms with E-state index in [-0.39, 0.29) is 29.8 Å². The van der Waals surface area contributed by atoms with Crippen LogP contribution in [0.4, 0.5) is 5.82 Å². The quantitative estimate of drug-likeness (QED) is 0.102. The van der Waals surface area contributed by atoms with Crippen molar-refractivity contribution in [3.05, 3.63) is 72.2 Å². The Morgan fingerprint density at radius 2 is 1.89 bits per heavy atom. The van der Waals surface area contributed by atoms with Crippen molar-refractivity contribution in [3.8, 4) is 0 Å². The second-order valence-corrected chi connectivity index (χ2v) is 14.8. The van der Waals surface area contributed by atoms with Gasteiger partial charge in [0.15, 0.2) is 0 Å². The number of nitrogens with zero attached hydrogens (tertiary/aromatic N) is 2. The van der Waals surface area contributed by atoms with E-state index in [4.69, 9.17) is 5.73 Å². The number of aliphatic carboxylic acids is 1. The van der Waals surface area contributed by atoms with Crippen molar-refractivity contribution in [2.75, 3.05) is 5.73 Å². The van der Waals surface area contributed by atoms with Crippen LogP contribution in [0.5, 0.6) is 0 Å². The maximum absolute atomic E-state index is 12.4. The number of carbonyl (C=O) groups is 1. The standard InChI is InChI=1S/C39H56N3O5/c1-2-3-5-9-26-13-14-28(35(43)21-26)10-6-4-7-12-33(38(45)46)37(44)29-15-16-34-30(20-27-17-19-42-36(40)22-27)23-31(39(34,47)25-29)24-32-11-8-18-41-32/h8,11,13-19,22,26,28-31,33-35,37,43-44,47H,2-7,9-10,12,20-21,23-25H2,1H3,(H2,40,42)(H,45,46)/q-1. The molecule has 6 N–H and O–H groups in total. The van der Waals surface area contributed by atoms with Gasteiger partial charge in [0.2, 0.25) is 0 Å². The summed E-state index contributed by atoms with van der Waals surface area (Å²) in [5, 5.41) is 44.7. The Morgan fingerprint density at radius 1 is 1.06 bits per heavy atom. The first-order valence-corrected chi connectivity index (χ1v) is 18.1. The number of nitrogen functional groups attached to an aromatic ring is 1. The largest absolute Gasteiger partial charge is 0.668 e. The van der Waals surface area contributed by atoms with Crippen LogP contribution >= 0.6 is 0 Å². The highest BCUT2D eigenvalue weighted by atomic mass is 16.4. The lowest BCUT2D eigenvalue weighted by Gasteiger charge is -2.43. The molecule has 0 aromatic carbocycles. The van der Waals surface area contributed by atoms with Gasteiger partial charge in [0.25, 0.3) is 0 Å². The van der Waals surface area contributed by atoms with Crippen LogP contribution in [0, 0.1) is 41.4 Å². The fourth-order valence-electron chi connectivity index (χ4n) is 8.88. The molecule has 47 heavy (non-hydrogen) atoms. The summed E-state index contributed by atoms with van der Waals surface area (Å²) in [4.78, 5) is 21.0. The fraction of sp³-hybridized carbons (Fsp3) is 0.641. The Morgan fingerprint density at radius 3 is 2.62 bits per heavy atom. The summed E-state index contributed by atoms with van der Waals surface area (Å²) in [7, 11) is 0. The lowest BCUT2D eigenvalue weighted by atomic mass is 9.68. The minimum absolute atomic E-state index is 0.0645. The molecule has 3 aliphatic carbocycles. The fourth-order valence-corrected chi connectivity index (χ4v) is 8.88. The van der Waals surface area contributed by atoms with Crippen molar-refractivity contribution >= 4 is 11.8 Å². The second-order valence-electron chi connectivity index (χ2n) is 14.8. The topological polar surface area (TPSA) is 151 Å². The first-order chi connectivity index (χ1) is 22.7. The summed E-state index contributed by atoms with van der Waals surface area (Å²) >= 11 is 0. The van der Waals surface area contributed by atoms with E-state index in [1.165, 1.54) is 19.3 Å². The molecule has 0 bridgehead atoms. The van der Waals surface area contributed by atoms with Crippen LogP contribution in [0.25, 0.3) is 0 Å². The maximum Gasteiger partial charge on any atom is 0.309 e. The number of aliphatic hydroxyl groups is 3. The smallest absolute Gasteiger partial charge is 0.309 e. The van der Waals surface area contributed by atoms with Crippen LogP contribution in [0.3, 0.4) is 0 Å². The first-order valence-electron chi connectivity index (χ1n) is 18.1. The summed E-state index contributed by atoms with van der Waals surface area (Å²) in [6, 6.07) is 7.75. The average Bonchev–Trinajstić information content (AvgIpc) is 3.65. The minimum atomic E-state index is -1.08. The number of unbranched alkanes of at least 4 members (excludes halogenated alkanes) is 4. The van der Waals surface area contributed by atoms with E-state index in [1.54, 1.807) is 12.4 Å². The Balaban J connectivity index is 1.17. The van der Waals surface area contributed by atoms with E-state index in [0.717, 1.165) is 56.2 Å². The number of allylic oxidation sites excluding steroid dienone is 1. The number of aromatic nitrogens is 2. The highest BCUT2D eigenvalue weighted by molar-refractivity contribution is 5.70. The number of fused-ring (bicyclic) bond motifs is 1. The molecule has 0 aliphatic heterocycles. The van der Waals surface area contributed by atoms with Crippen molar-refractivity contribution in [1.29, 1.82) is 0 Å². The number of carboxylic acids is 1. The number of anilines is 1. The van der Waals surface area contributed by atoms with E-state index < -0.39 is 29.5 Å². The van der Waals surface area contributed by atoms with Gasteiger partial charge in [0.05, 0.1) is 23.7 Å². The summed E-state index contributed by atoms with van der Waals surface area (Å²) in [6.07, 6.45) is 22.5. The second kappa shape index (κ2) is 16.4. The zero-order valence-electron chi connectivity index (χ0n) is 28.0. The van der Waals surface area contributed by atoms with Gasteiger partial charge in [-0.25, -0.2) is 4.98 Å². The van der Waals surface area contributed by atoms with E-state index in [1.807, 2.05) is 36.4 Å². The van der Waals surface area contributed by atoms with Crippen molar-refractivity contribution in [3.63, 3.8) is 0 Å². The third-order valence-corrected chi connectivity index (χ3v) is 11.5. The Bertz CT molecular complexity index is 1330. The van der Waals surface area contributed by atoms with Crippen LogP contribution in [0.15, 0.2) is 61.0 Å². The van der Waals surface area contributed by atoms with Gasteiger partial charge in [0, 0.05) is 24.0 Å². The van der Waals surface area contributed by atoms with Crippen LogP contribution in [-0.2, 0) is 17.6 Å². The normalized spacial score (nSPS) is 31.4. The number of hydrogen-bond acceptors (Lipinski definition) is 6. The van der Waals surface area contributed by atoms with Crippen LogP contribution in [0.1, 0.15) is 95.2 Å². The van der Waals surface area contributed by atoms with Gasteiger partial charge in [-0.3, -0.25) is 4.79 Å². The third kappa shape index (κ3) is 8.95. The Labute approximate surface area is 280 Å². The van der Waals surface area contributed by atoms with Crippen LogP contribution in [0.2, 0.25) is 0 Å². The summed E-state index contributed by atoms with van der Waals surface area (Å²) in [5.74, 6) is -1.22. The number of hydrogen-bond donors (Lipinski definition) is 5. The van der Waals surface area contributed by atoms with E-state index >= 15 is 0 Å². The zero-order valence-corrected chi connectivity index (χ0v) is 28.0. The van der Waals surface area contributed by atoms with Gasteiger partial charge in [-0.2, -0.15) is 11.9 Å². The monoisotopic (exact) mass is 646 g/mol. The molecule has 8 heteroatoms. The molecule has 2 aromatic heterocycles. The summed E-state index contributed by atoms with van der Waals surface area (Å²) in [6.45, 7) is 2.21. The number of carboxylic acid groups (broad SMARTS) is 1. The molecular weight excluding hydrogens is 590 g/mol. The number of nitrogens with two attached hydrogens (primary N) is 1. The van der Waals surface area contributed by atoms with Gasteiger partial charge in [-0.1, -0.05) is 81.9 Å². The first kappa shape index (κ1) is 35.4. The number of aliphatic hydroxyl groups excluding tert-OH is 2. The third-order valence-electron chi connectivity index (χ3n) is 11.5. The van der Waals surface area contributed by atoms with Crippen molar-refractivity contribution in [2.45, 2.75) is 115 Å². The molecule has 0 amide bonds. The molecule has 1 fully saturated rings. The molecule has 0 spiro atoms. The van der Waals surface area contributed by atoms with E-state index in [9.17, 15) is 25.2 Å². The Kier molecular flexibility index (Phi) is 12.4. The molecule has 10 unspecified atom stereocenters. The number of pyridine rings is 1. The molecular formula is C39H56N3O5-. The summed E-state index contributed by atoms with van der Waals surface area (Å²) < 4.78 is 0. The molecule has 2 aromatic rings. The van der Waals surface area contributed by atoms with Crippen molar-refractivity contribution < 1.29 is 25.2 Å². The SMILES string of the molecule is CCCCCC1C=CC(CCCCCC(C(=O)O)C(O)C2C=CC3C(Cc4ccnc(N)c4)CC(Cc4ccc[n-]4)C3(O)C2)C(O)C1. The predicted molar refractivity (Wildman–Crippen MR) is 184 cm³/mol. The molecule has 10 atom stereocenters. The van der Waals surface area contributed by atoms with E-state index in [2.05, 4.69) is 29.0 Å². The lowest BCUT2D eigenvalue weighted by Crippen LogP contribution is -2.48. The lowest BCUT2D eigenvalue weighted by molar-refractivity contribution is -0.148. The number of rotatable bonds is 17. The van der Waals surface area contributed by atoms with E-state index in [0.29, 0.717) is 37.4 Å². The average molecular weight is 647 g/mol. The summed E-state index contributed by atoms with van der Waals surface area (Å²) in [5.41, 5.74) is 6.90. The van der Waals surface area contributed by atoms with Crippen LogP contribution < -0.4 is 10.7 Å². The van der Waals surface area contributed by atoms with Gasteiger partial charge >= 0.3 is 5.97 Å². The molecule has 5 rings (SSSR count). The molecule has 8 nitrogen and oxygen atoms in total. The van der Waals surface area contributed by atoms with Gasteiger partial charge < -0.3 is 31.1 Å². The highest BCUT2D eigenvalue weighted by Gasteiger charge is 2.55. The van der Waals surface area contributed by atoms with Gasteiger partial charge in [-0.05, 0) is 86.8 Å². The zero-order chi connectivity index (χ0) is 33.4. The molecule has 2 heterocycles. The van der Waals surface area contributed by atoms with Crippen molar-refractivity contribution in [2.24, 2.45) is 41.4 Å². The van der Waals surface area contributed by atoms with Gasteiger partial charge in [-0.15, -0.1) is 0 Å². The molecule has 3 aliphatic rings. The molecule has 1 saturated carbocycles. The predicted octanol–water partition coefficient (Wildman–Crippen LogP) is 6.11. The Hall–Kier alpha value is -2.94. The van der Waals surface area contributed by atoms with Crippen LogP contribution in [-0.4, -0.2) is 49.2 Å².